The predicted molar refractivity (Wildman–Crippen MR) is 107 cm³/mol. The Kier molecular flexibility index (Phi) is 8.13. The first-order chi connectivity index (χ1) is 12.4. The monoisotopic (exact) mass is 399 g/mol. The molecule has 0 heterocycles. The number of carbonyl (C=O) groups is 1. The van der Waals surface area contributed by atoms with E-state index in [1.54, 1.807) is 19.1 Å². The van der Waals surface area contributed by atoms with Crippen LogP contribution in [0.1, 0.15) is 33.3 Å². The van der Waals surface area contributed by atoms with Crippen LogP contribution in [-0.4, -0.2) is 46.4 Å². The molecule has 0 bridgehead atoms. The van der Waals surface area contributed by atoms with Gasteiger partial charge in [0.1, 0.15) is 0 Å². The van der Waals surface area contributed by atoms with E-state index >= 15 is 0 Å². The molecule has 1 aromatic carbocycles. The standard InChI is InChI=1S/C19H33NO6Si/c1-13(21)11-20-18(22)26-17-15(23-5)9-14(10-16(17)24-6)12-25-27(7,8)19(2,3)4/h9-10,13,21H,11-12H2,1-8H3,(H,20,22)/t13-/m1/s1. The molecule has 1 atom stereocenters. The van der Waals surface area contributed by atoms with E-state index in [4.69, 9.17) is 18.6 Å². The molecule has 27 heavy (non-hydrogen) atoms. The summed E-state index contributed by atoms with van der Waals surface area (Å²) in [6, 6.07) is 3.54. The van der Waals surface area contributed by atoms with Crippen LogP contribution in [-0.2, 0) is 11.0 Å². The van der Waals surface area contributed by atoms with Crippen molar-refractivity contribution in [2.24, 2.45) is 0 Å². The van der Waals surface area contributed by atoms with E-state index < -0.39 is 20.5 Å². The van der Waals surface area contributed by atoms with E-state index in [9.17, 15) is 9.90 Å². The number of ether oxygens (including phenoxy) is 3. The largest absolute Gasteiger partial charge is 0.493 e. The van der Waals surface area contributed by atoms with Gasteiger partial charge >= 0.3 is 6.09 Å². The fourth-order valence-corrected chi connectivity index (χ4v) is 2.92. The van der Waals surface area contributed by atoms with Gasteiger partial charge < -0.3 is 29.1 Å². The zero-order valence-corrected chi connectivity index (χ0v) is 18.6. The van der Waals surface area contributed by atoms with Crippen LogP contribution in [0.15, 0.2) is 12.1 Å². The Bertz CT molecular complexity index is 615. The number of benzene rings is 1. The Balaban J connectivity index is 3.01. The van der Waals surface area contributed by atoms with Gasteiger partial charge in [-0.05, 0) is 42.8 Å². The van der Waals surface area contributed by atoms with Crippen molar-refractivity contribution >= 4 is 14.4 Å². The van der Waals surface area contributed by atoms with Gasteiger partial charge in [0, 0.05) is 6.54 Å². The van der Waals surface area contributed by atoms with Crippen LogP contribution in [0.2, 0.25) is 18.1 Å². The molecular weight excluding hydrogens is 366 g/mol. The average molecular weight is 400 g/mol. The van der Waals surface area contributed by atoms with Crippen molar-refractivity contribution in [1.29, 1.82) is 0 Å². The fraction of sp³-hybridized carbons (Fsp3) is 0.632. The smallest absolute Gasteiger partial charge is 0.412 e. The summed E-state index contributed by atoms with van der Waals surface area (Å²) >= 11 is 0. The molecule has 0 spiro atoms. The third kappa shape index (κ3) is 6.71. The summed E-state index contributed by atoms with van der Waals surface area (Å²) in [5.41, 5.74) is 0.866. The molecule has 2 N–H and O–H groups in total. The van der Waals surface area contributed by atoms with Gasteiger partial charge in [0.15, 0.2) is 19.8 Å². The van der Waals surface area contributed by atoms with Crippen LogP contribution < -0.4 is 19.5 Å². The summed E-state index contributed by atoms with van der Waals surface area (Å²) in [6.45, 7) is 13.0. The maximum Gasteiger partial charge on any atom is 0.412 e. The zero-order chi connectivity index (χ0) is 20.8. The number of hydrogen-bond donors (Lipinski definition) is 2. The lowest BCUT2D eigenvalue weighted by Crippen LogP contribution is -2.40. The molecule has 1 amide bonds. The second kappa shape index (κ2) is 9.43. The maximum absolute atomic E-state index is 11.9. The summed E-state index contributed by atoms with van der Waals surface area (Å²) in [7, 11) is 1.08. The van der Waals surface area contributed by atoms with Gasteiger partial charge in [-0.3, -0.25) is 0 Å². The summed E-state index contributed by atoms with van der Waals surface area (Å²) in [5.74, 6) is 0.921. The fourth-order valence-electron chi connectivity index (χ4n) is 1.96. The van der Waals surface area contributed by atoms with Crippen molar-refractivity contribution in [3.63, 3.8) is 0 Å². The van der Waals surface area contributed by atoms with Gasteiger partial charge in [-0.15, -0.1) is 0 Å². The summed E-state index contributed by atoms with van der Waals surface area (Å²) in [5, 5.41) is 11.8. The first-order valence-electron chi connectivity index (χ1n) is 8.94. The third-order valence-corrected chi connectivity index (χ3v) is 9.14. The Hall–Kier alpha value is -1.77. The van der Waals surface area contributed by atoms with Crippen molar-refractivity contribution in [3.8, 4) is 17.2 Å². The Morgan fingerprint density at radius 2 is 1.70 bits per heavy atom. The van der Waals surface area contributed by atoms with Crippen molar-refractivity contribution < 1.29 is 28.5 Å². The second-order valence-electron chi connectivity index (χ2n) is 8.00. The van der Waals surface area contributed by atoms with Gasteiger partial charge in [-0.25, -0.2) is 4.79 Å². The van der Waals surface area contributed by atoms with Gasteiger partial charge in [-0.2, -0.15) is 0 Å². The predicted octanol–water partition coefficient (Wildman–Crippen LogP) is 3.69. The molecule has 1 aromatic rings. The molecule has 0 unspecified atom stereocenters. The van der Waals surface area contributed by atoms with Crippen LogP contribution in [0.3, 0.4) is 0 Å². The van der Waals surface area contributed by atoms with Crippen molar-refractivity contribution in [2.75, 3.05) is 20.8 Å². The van der Waals surface area contributed by atoms with Crippen LogP contribution in [0, 0.1) is 0 Å². The lowest BCUT2D eigenvalue weighted by molar-refractivity contribution is 0.170. The highest BCUT2D eigenvalue weighted by atomic mass is 28.4. The summed E-state index contributed by atoms with van der Waals surface area (Å²) in [6.07, 6.45) is -1.37. The third-order valence-electron chi connectivity index (χ3n) is 4.66. The molecule has 0 radical (unpaired) electrons. The molecular formula is C19H33NO6Si. The SMILES string of the molecule is COc1cc(CO[Si](C)(C)C(C)(C)C)cc(OC)c1OC(=O)NC[C@@H](C)O. The van der Waals surface area contributed by atoms with Crippen molar-refractivity contribution in [2.45, 2.75) is 58.5 Å². The Morgan fingerprint density at radius 1 is 1.19 bits per heavy atom. The number of hydrogen-bond acceptors (Lipinski definition) is 6. The quantitative estimate of drug-likeness (QED) is 0.648. The number of aliphatic hydroxyl groups excluding tert-OH is 1. The van der Waals surface area contributed by atoms with Gasteiger partial charge in [0.2, 0.25) is 5.75 Å². The number of amides is 1. The number of carbonyl (C=O) groups excluding carboxylic acids is 1. The minimum Gasteiger partial charge on any atom is -0.493 e. The molecule has 154 valence electrons. The molecule has 1 rings (SSSR count). The number of rotatable bonds is 8. The van der Waals surface area contributed by atoms with E-state index in [1.807, 2.05) is 0 Å². The van der Waals surface area contributed by atoms with E-state index in [0.717, 1.165) is 5.56 Å². The van der Waals surface area contributed by atoms with Crippen LogP contribution >= 0.6 is 0 Å². The first kappa shape index (κ1) is 23.3. The molecule has 0 aliphatic heterocycles. The van der Waals surface area contributed by atoms with E-state index in [2.05, 4.69) is 39.2 Å². The molecule has 0 saturated carbocycles. The van der Waals surface area contributed by atoms with E-state index in [1.165, 1.54) is 14.2 Å². The molecule has 7 nitrogen and oxygen atoms in total. The molecule has 0 aromatic heterocycles. The molecule has 8 heteroatoms. The highest BCUT2D eigenvalue weighted by Gasteiger charge is 2.37. The lowest BCUT2D eigenvalue weighted by atomic mass is 10.2. The number of aliphatic hydroxyl groups is 1. The first-order valence-corrected chi connectivity index (χ1v) is 11.8. The van der Waals surface area contributed by atoms with E-state index in [-0.39, 0.29) is 17.3 Å². The average Bonchev–Trinajstić information content (AvgIpc) is 2.57. The summed E-state index contributed by atoms with van der Waals surface area (Å²) < 4.78 is 22.3. The second-order valence-corrected chi connectivity index (χ2v) is 12.8. The van der Waals surface area contributed by atoms with Crippen LogP contribution in [0.4, 0.5) is 4.79 Å². The minimum absolute atomic E-state index is 0.0852. The van der Waals surface area contributed by atoms with Crippen molar-refractivity contribution in [3.05, 3.63) is 17.7 Å². The highest BCUT2D eigenvalue weighted by molar-refractivity contribution is 6.74. The van der Waals surface area contributed by atoms with Gasteiger partial charge in [-0.1, -0.05) is 20.8 Å². The lowest BCUT2D eigenvalue weighted by Gasteiger charge is -2.36. The number of nitrogens with one attached hydrogen (secondary N) is 1. The maximum atomic E-state index is 11.9. The summed E-state index contributed by atoms with van der Waals surface area (Å²) in [4.78, 5) is 11.9. The molecule has 0 aliphatic carbocycles. The Labute approximate surface area is 163 Å². The molecule has 0 aliphatic rings. The highest BCUT2D eigenvalue weighted by Crippen LogP contribution is 2.40. The molecule has 0 saturated heterocycles. The Morgan fingerprint density at radius 3 is 2.11 bits per heavy atom. The van der Waals surface area contributed by atoms with Crippen molar-refractivity contribution in [1.82, 2.24) is 5.32 Å². The van der Waals surface area contributed by atoms with E-state index in [0.29, 0.717) is 18.1 Å². The zero-order valence-electron chi connectivity index (χ0n) is 17.6. The van der Waals surface area contributed by atoms with Crippen LogP contribution in [0.25, 0.3) is 0 Å². The van der Waals surface area contributed by atoms with Gasteiger partial charge in [0.25, 0.3) is 0 Å². The topological polar surface area (TPSA) is 86.2 Å². The number of methoxy groups -OCH3 is 2. The minimum atomic E-state index is -1.90. The normalized spacial score (nSPS) is 13.1. The van der Waals surface area contributed by atoms with Crippen LogP contribution in [0.5, 0.6) is 17.2 Å². The molecule has 0 fully saturated rings. The van der Waals surface area contributed by atoms with Gasteiger partial charge in [0.05, 0.1) is 26.9 Å².